The van der Waals surface area contributed by atoms with Crippen molar-refractivity contribution in [2.45, 2.75) is 77.7 Å². The summed E-state index contributed by atoms with van der Waals surface area (Å²) in [5.41, 5.74) is 14.6. The number of hydrogen-bond acceptors (Lipinski definition) is 12. The lowest BCUT2D eigenvalue weighted by Crippen LogP contribution is -2.55. The van der Waals surface area contributed by atoms with Crippen LogP contribution in [0.4, 0.5) is 0 Å². The lowest BCUT2D eigenvalue weighted by molar-refractivity contribution is -0.143. The van der Waals surface area contributed by atoms with Crippen LogP contribution >= 0.6 is 0 Å². The molecule has 17 heteroatoms. The molecule has 4 atom stereocenters. The number of carboxylic acids is 1. The number of hydrogen-bond donors (Lipinski definition) is 7. The minimum Gasteiger partial charge on any atom is -0.507 e. The van der Waals surface area contributed by atoms with Crippen LogP contribution in [0, 0.1) is 13.8 Å². The van der Waals surface area contributed by atoms with Crippen molar-refractivity contribution in [2.75, 3.05) is 26.7 Å². The van der Waals surface area contributed by atoms with Crippen LogP contribution in [0.15, 0.2) is 60.7 Å². The zero-order chi connectivity index (χ0) is 43.8. The number of aliphatic carboxylic acids is 1. The Morgan fingerprint density at radius 2 is 1.62 bits per heavy atom. The normalized spacial score (nSPS) is 17.1. The predicted octanol–water partition coefficient (Wildman–Crippen LogP) is 2.53. The van der Waals surface area contributed by atoms with Crippen LogP contribution in [0.3, 0.4) is 0 Å². The molecule has 5 rings (SSSR count). The highest BCUT2D eigenvalue weighted by atomic mass is 16.5. The van der Waals surface area contributed by atoms with Gasteiger partial charge in [-0.25, -0.2) is 14.8 Å². The van der Waals surface area contributed by atoms with Gasteiger partial charge in [0.2, 0.25) is 17.7 Å². The molecule has 1 aliphatic heterocycles. The van der Waals surface area contributed by atoms with E-state index in [9.17, 15) is 34.2 Å². The Morgan fingerprint density at radius 3 is 2.23 bits per heavy atom. The topological polar surface area (TPSA) is 261 Å². The van der Waals surface area contributed by atoms with Crippen molar-refractivity contribution in [2.24, 2.45) is 11.5 Å². The first kappa shape index (κ1) is 44.5. The standard InChI is InChI=1S/C43H52N8O9/c1-22(2)60-29-11-8-27(9-12-29)38-46-23(3)36(24(4)47-38)40(54)49-32(15-16-44)42(56)51(6)37-28-10-14-35(59-18-17-45)31(21-28)30-19-26(7-13-34(30)52)20-33(43(57)58)50-39(53)25(5)48-41(37)55/h7-14,19,21-22,25,32-33,37,52H,15-18,20,44-45H2,1-6H3,(H,48,55)(H,49,54)(H,50,53)(H,57,58). The maximum absolute atomic E-state index is 14.5. The zero-order valence-electron chi connectivity index (χ0n) is 34.4. The van der Waals surface area contributed by atoms with E-state index in [4.69, 9.17) is 20.9 Å². The second-order valence-electron chi connectivity index (χ2n) is 14.8. The number of benzene rings is 3. The number of phenolic OH excluding ortho intramolecular Hbond substituents is 1. The van der Waals surface area contributed by atoms with Crippen molar-refractivity contribution in [3.63, 3.8) is 0 Å². The van der Waals surface area contributed by atoms with Crippen LogP contribution in [0.25, 0.3) is 22.5 Å². The van der Waals surface area contributed by atoms with Gasteiger partial charge in [-0.2, -0.15) is 0 Å². The minimum atomic E-state index is -1.43. The molecule has 318 valence electrons. The van der Waals surface area contributed by atoms with Gasteiger partial charge in [0.05, 0.1) is 23.1 Å². The zero-order valence-corrected chi connectivity index (χ0v) is 34.4. The average molecular weight is 825 g/mol. The first-order valence-electron chi connectivity index (χ1n) is 19.5. The van der Waals surface area contributed by atoms with E-state index in [1.807, 2.05) is 38.1 Å². The number of aromatic nitrogens is 2. The minimum absolute atomic E-state index is 0.00265. The van der Waals surface area contributed by atoms with E-state index >= 15 is 0 Å². The summed E-state index contributed by atoms with van der Waals surface area (Å²) in [5.74, 6) is -3.03. The van der Waals surface area contributed by atoms with Crippen molar-refractivity contribution in [3.05, 3.63) is 88.7 Å². The molecular weight excluding hydrogens is 773 g/mol. The van der Waals surface area contributed by atoms with Crippen LogP contribution in [-0.4, -0.2) is 106 Å². The molecule has 17 nitrogen and oxygen atoms in total. The van der Waals surface area contributed by atoms with E-state index in [0.29, 0.717) is 39.7 Å². The third-order valence-corrected chi connectivity index (χ3v) is 9.88. The van der Waals surface area contributed by atoms with Gasteiger partial charge in [0.15, 0.2) is 5.82 Å². The number of carboxylic acid groups (broad SMARTS) is 1. The molecule has 4 amide bonds. The van der Waals surface area contributed by atoms with Gasteiger partial charge in [-0.15, -0.1) is 0 Å². The van der Waals surface area contributed by atoms with Crippen LogP contribution in [0.1, 0.15) is 66.1 Å². The molecule has 1 aromatic heterocycles. The number of aryl methyl sites for hydroxylation is 2. The number of rotatable bonds is 13. The Hall–Kier alpha value is -6.59. The van der Waals surface area contributed by atoms with E-state index in [1.54, 1.807) is 38.1 Å². The summed E-state index contributed by atoms with van der Waals surface area (Å²) in [7, 11) is 1.37. The summed E-state index contributed by atoms with van der Waals surface area (Å²) in [4.78, 5) is 78.6. The van der Waals surface area contributed by atoms with Gasteiger partial charge in [0, 0.05) is 36.7 Å². The average Bonchev–Trinajstić information content (AvgIpc) is 3.19. The fourth-order valence-electron chi connectivity index (χ4n) is 6.95. The van der Waals surface area contributed by atoms with E-state index in [2.05, 4.69) is 25.9 Å². The number of likely N-dealkylation sites (N-methyl/N-ethyl adjacent to an activating group) is 1. The van der Waals surface area contributed by atoms with Crippen molar-refractivity contribution >= 4 is 29.6 Å². The largest absolute Gasteiger partial charge is 0.507 e. The maximum atomic E-state index is 14.5. The number of carbonyl (C=O) groups is 5. The molecule has 0 radical (unpaired) electrons. The van der Waals surface area contributed by atoms with Gasteiger partial charge >= 0.3 is 5.97 Å². The Kier molecular flexibility index (Phi) is 14.4. The molecule has 4 bridgehead atoms. The van der Waals surface area contributed by atoms with E-state index in [1.165, 1.54) is 26.1 Å². The Morgan fingerprint density at radius 1 is 0.933 bits per heavy atom. The summed E-state index contributed by atoms with van der Waals surface area (Å²) in [6.45, 7) is 8.83. The van der Waals surface area contributed by atoms with E-state index < -0.39 is 53.8 Å². The fraction of sp³-hybridized carbons (Fsp3) is 0.372. The second kappa shape index (κ2) is 19.4. The Labute approximate surface area is 347 Å². The summed E-state index contributed by atoms with van der Waals surface area (Å²) in [5, 5.41) is 28.9. The summed E-state index contributed by atoms with van der Waals surface area (Å²) in [6, 6.07) is 11.2. The van der Waals surface area contributed by atoms with Gasteiger partial charge in [0.1, 0.15) is 48.0 Å². The lowest BCUT2D eigenvalue weighted by Gasteiger charge is -2.32. The fourth-order valence-corrected chi connectivity index (χ4v) is 6.95. The molecule has 1 aliphatic rings. The summed E-state index contributed by atoms with van der Waals surface area (Å²) >= 11 is 0. The van der Waals surface area contributed by atoms with Crippen LogP contribution in [0.2, 0.25) is 0 Å². The van der Waals surface area contributed by atoms with E-state index in [-0.39, 0.29) is 66.8 Å². The summed E-state index contributed by atoms with van der Waals surface area (Å²) in [6.07, 6.45) is -0.153. The van der Waals surface area contributed by atoms with Crippen LogP contribution in [-0.2, 0) is 25.6 Å². The third-order valence-electron chi connectivity index (χ3n) is 9.88. The quantitative estimate of drug-likeness (QED) is 0.102. The Balaban J connectivity index is 1.52. The molecule has 2 heterocycles. The molecule has 0 spiro atoms. The van der Waals surface area contributed by atoms with Crippen molar-refractivity contribution in [1.82, 2.24) is 30.8 Å². The molecule has 0 saturated heterocycles. The SMILES string of the molecule is Cc1nc(-c2ccc(OC(C)C)cc2)nc(C)c1C(=O)NC(CCN)C(=O)N(C)C1C(=O)NC(C)C(=O)NC(C(=O)O)Cc2ccc(O)c(c2)-c2cc1ccc2OCCN. The maximum Gasteiger partial charge on any atom is 0.326 e. The first-order valence-corrected chi connectivity index (χ1v) is 19.5. The predicted molar refractivity (Wildman–Crippen MR) is 222 cm³/mol. The number of amides is 4. The smallest absolute Gasteiger partial charge is 0.326 e. The Bertz CT molecular complexity index is 2230. The summed E-state index contributed by atoms with van der Waals surface area (Å²) < 4.78 is 11.7. The van der Waals surface area contributed by atoms with Gasteiger partial charge in [-0.3, -0.25) is 19.2 Å². The van der Waals surface area contributed by atoms with Crippen LogP contribution in [0.5, 0.6) is 17.2 Å². The number of nitrogens with one attached hydrogen (secondary N) is 3. The number of carbonyl (C=O) groups excluding carboxylic acids is 4. The molecule has 3 aromatic carbocycles. The number of fused-ring (bicyclic) bond motifs is 5. The molecule has 4 aromatic rings. The highest BCUT2D eigenvalue weighted by Crippen LogP contribution is 2.39. The van der Waals surface area contributed by atoms with Crippen molar-refractivity contribution in [1.29, 1.82) is 0 Å². The third kappa shape index (κ3) is 10.3. The monoisotopic (exact) mass is 824 g/mol. The molecule has 4 unspecified atom stereocenters. The second-order valence-corrected chi connectivity index (χ2v) is 14.8. The lowest BCUT2D eigenvalue weighted by atomic mass is 9.93. The molecule has 60 heavy (non-hydrogen) atoms. The van der Waals surface area contributed by atoms with E-state index in [0.717, 1.165) is 4.90 Å². The number of nitrogens with two attached hydrogens (primary N) is 2. The molecule has 9 N–H and O–H groups in total. The van der Waals surface area contributed by atoms with Gasteiger partial charge < -0.3 is 52.0 Å². The number of ether oxygens (including phenoxy) is 2. The first-order chi connectivity index (χ1) is 28.5. The van der Waals surface area contributed by atoms with Crippen LogP contribution < -0.4 is 36.9 Å². The number of phenols is 1. The molecule has 0 saturated carbocycles. The van der Waals surface area contributed by atoms with Crippen molar-refractivity contribution < 1.29 is 43.7 Å². The molecule has 0 aliphatic carbocycles. The number of nitrogens with zero attached hydrogens (tertiary/aromatic N) is 3. The van der Waals surface area contributed by atoms with Gasteiger partial charge in [0.25, 0.3) is 5.91 Å². The highest BCUT2D eigenvalue weighted by Gasteiger charge is 2.36. The number of aromatic hydroxyl groups is 1. The highest BCUT2D eigenvalue weighted by molar-refractivity contribution is 6.00. The van der Waals surface area contributed by atoms with Crippen molar-refractivity contribution in [3.8, 4) is 39.8 Å². The molecular formula is C43H52N8O9. The van der Waals surface area contributed by atoms with Gasteiger partial charge in [-0.1, -0.05) is 12.1 Å². The molecule has 0 fully saturated rings. The van der Waals surface area contributed by atoms with Gasteiger partial charge in [-0.05, 0) is 107 Å².